The van der Waals surface area contributed by atoms with Crippen molar-refractivity contribution in [2.45, 2.75) is 44.1 Å². The molecule has 6 heteroatoms. The number of fused-ring (bicyclic) bond motifs is 3. The lowest BCUT2D eigenvalue weighted by molar-refractivity contribution is -0.123. The van der Waals surface area contributed by atoms with Gasteiger partial charge in [0.05, 0.1) is 6.04 Å². The van der Waals surface area contributed by atoms with Crippen molar-refractivity contribution in [1.82, 2.24) is 4.90 Å². The molecule has 180 valence electrons. The van der Waals surface area contributed by atoms with Crippen LogP contribution in [0.1, 0.15) is 48.3 Å². The van der Waals surface area contributed by atoms with E-state index in [1.165, 1.54) is 22.3 Å². The SMILES string of the molecule is O=C(CCCc1ccc(Cl)cc1Cl)[C@@H]1CCCN1C(=O)OCC1c2ccccc2-c2ccccc21. The van der Waals surface area contributed by atoms with E-state index in [1.807, 2.05) is 30.3 Å². The molecule has 0 N–H and O–H groups in total. The Morgan fingerprint density at radius 1 is 0.943 bits per heavy atom. The van der Waals surface area contributed by atoms with Gasteiger partial charge < -0.3 is 4.74 Å². The minimum atomic E-state index is -0.411. The zero-order chi connectivity index (χ0) is 24.4. The Labute approximate surface area is 215 Å². The number of ketones is 1. The lowest BCUT2D eigenvalue weighted by Crippen LogP contribution is -2.41. The van der Waals surface area contributed by atoms with E-state index in [1.54, 1.807) is 17.0 Å². The van der Waals surface area contributed by atoms with E-state index in [-0.39, 0.29) is 18.3 Å². The summed E-state index contributed by atoms with van der Waals surface area (Å²) in [4.78, 5) is 27.6. The van der Waals surface area contributed by atoms with Crippen LogP contribution < -0.4 is 0 Å². The first-order valence-electron chi connectivity index (χ1n) is 12.1. The Morgan fingerprint density at radius 2 is 1.63 bits per heavy atom. The fourth-order valence-electron chi connectivity index (χ4n) is 5.34. The molecular formula is C29H27Cl2NO3. The number of rotatable bonds is 7. The number of ether oxygens (including phenoxy) is 1. The van der Waals surface area contributed by atoms with Crippen LogP contribution in [0.3, 0.4) is 0 Å². The lowest BCUT2D eigenvalue weighted by atomic mass is 9.98. The van der Waals surface area contributed by atoms with Gasteiger partial charge in [0.15, 0.2) is 5.78 Å². The number of nitrogens with zero attached hydrogens (tertiary/aromatic N) is 1. The number of Topliss-reactive ketones (excluding diaryl/α,β-unsaturated/α-hetero) is 1. The molecule has 3 aromatic carbocycles. The number of carbonyl (C=O) groups is 2. The molecule has 1 fully saturated rings. The number of amides is 1. The molecular weight excluding hydrogens is 481 g/mol. The summed E-state index contributed by atoms with van der Waals surface area (Å²) in [5.41, 5.74) is 5.72. The van der Waals surface area contributed by atoms with Gasteiger partial charge in [-0.25, -0.2) is 4.79 Å². The maximum atomic E-state index is 13.0. The van der Waals surface area contributed by atoms with E-state index in [4.69, 9.17) is 27.9 Å². The predicted octanol–water partition coefficient (Wildman–Crippen LogP) is 7.30. The van der Waals surface area contributed by atoms with Crippen LogP contribution in [0.15, 0.2) is 66.7 Å². The van der Waals surface area contributed by atoms with Crippen molar-refractivity contribution in [3.63, 3.8) is 0 Å². The molecule has 35 heavy (non-hydrogen) atoms. The van der Waals surface area contributed by atoms with Gasteiger partial charge in [0, 0.05) is 28.9 Å². The molecule has 4 nitrogen and oxygen atoms in total. The van der Waals surface area contributed by atoms with Gasteiger partial charge in [0.25, 0.3) is 0 Å². The highest BCUT2D eigenvalue weighted by Gasteiger charge is 2.36. The van der Waals surface area contributed by atoms with Gasteiger partial charge in [-0.2, -0.15) is 0 Å². The molecule has 0 radical (unpaired) electrons. The van der Waals surface area contributed by atoms with Crippen molar-refractivity contribution in [3.05, 3.63) is 93.5 Å². The molecule has 0 unspecified atom stereocenters. The van der Waals surface area contributed by atoms with Crippen LogP contribution in [-0.4, -0.2) is 36.0 Å². The third-order valence-corrected chi connectivity index (χ3v) is 7.67. The Morgan fingerprint density at radius 3 is 2.31 bits per heavy atom. The number of halogens is 2. The molecule has 1 heterocycles. The summed E-state index contributed by atoms with van der Waals surface area (Å²) in [5.74, 6) is 0.0910. The quantitative estimate of drug-likeness (QED) is 0.337. The lowest BCUT2D eigenvalue weighted by Gasteiger charge is -2.24. The Balaban J connectivity index is 1.19. The van der Waals surface area contributed by atoms with Crippen LogP contribution in [0.25, 0.3) is 11.1 Å². The first kappa shape index (κ1) is 23.9. The van der Waals surface area contributed by atoms with Crippen molar-refractivity contribution in [1.29, 1.82) is 0 Å². The molecule has 0 bridgehead atoms. The normalized spacial score (nSPS) is 16.7. The summed E-state index contributed by atoms with van der Waals surface area (Å²) in [6.45, 7) is 0.815. The number of carbonyl (C=O) groups excluding carboxylic acids is 2. The highest BCUT2D eigenvalue weighted by molar-refractivity contribution is 6.35. The van der Waals surface area contributed by atoms with Gasteiger partial charge in [-0.1, -0.05) is 77.8 Å². The summed E-state index contributed by atoms with van der Waals surface area (Å²) in [6, 6.07) is 21.5. The molecule has 3 aromatic rings. The molecule has 1 atom stereocenters. The second kappa shape index (κ2) is 10.4. The molecule has 1 aliphatic carbocycles. The minimum Gasteiger partial charge on any atom is -0.448 e. The van der Waals surface area contributed by atoms with Crippen molar-refractivity contribution < 1.29 is 14.3 Å². The molecule has 0 saturated carbocycles. The zero-order valence-electron chi connectivity index (χ0n) is 19.4. The summed E-state index contributed by atoms with van der Waals surface area (Å²) < 4.78 is 5.81. The number of aryl methyl sites for hydroxylation is 1. The van der Waals surface area contributed by atoms with E-state index in [2.05, 4.69) is 24.3 Å². The third-order valence-electron chi connectivity index (χ3n) is 7.08. The number of likely N-dealkylation sites (tertiary alicyclic amines) is 1. The smallest absolute Gasteiger partial charge is 0.410 e. The Kier molecular flexibility index (Phi) is 7.12. The fraction of sp³-hybridized carbons (Fsp3) is 0.310. The van der Waals surface area contributed by atoms with Crippen LogP contribution in [0.2, 0.25) is 10.0 Å². The topological polar surface area (TPSA) is 46.6 Å². The van der Waals surface area contributed by atoms with Crippen molar-refractivity contribution in [2.75, 3.05) is 13.2 Å². The van der Waals surface area contributed by atoms with Gasteiger partial charge in [-0.3, -0.25) is 9.69 Å². The summed E-state index contributed by atoms with van der Waals surface area (Å²) in [6.07, 6.45) is 2.86. The second-order valence-corrected chi connectivity index (χ2v) is 10.1. The zero-order valence-corrected chi connectivity index (χ0v) is 20.9. The maximum Gasteiger partial charge on any atom is 0.410 e. The molecule has 1 amide bonds. The standard InChI is InChI=1S/C29H27Cl2NO3/c30-20-15-14-19(26(31)17-20)7-5-13-28(33)27-12-6-16-32(27)29(34)35-18-25-23-10-3-1-8-21(23)22-9-2-4-11-24(22)25/h1-4,8-11,14-15,17,25,27H,5-7,12-13,16,18H2/t27-/m0/s1. The van der Waals surface area contributed by atoms with Crippen molar-refractivity contribution in [2.24, 2.45) is 0 Å². The third kappa shape index (κ3) is 4.96. The monoisotopic (exact) mass is 507 g/mol. The highest BCUT2D eigenvalue weighted by Crippen LogP contribution is 2.44. The van der Waals surface area contributed by atoms with E-state index in [9.17, 15) is 9.59 Å². The number of hydrogen-bond acceptors (Lipinski definition) is 3. The first-order valence-corrected chi connectivity index (χ1v) is 12.9. The van der Waals surface area contributed by atoms with Crippen LogP contribution in [-0.2, 0) is 16.0 Å². The summed E-state index contributed by atoms with van der Waals surface area (Å²) >= 11 is 12.2. The molecule has 1 aliphatic heterocycles. The number of hydrogen-bond donors (Lipinski definition) is 0. The Hall–Kier alpha value is -2.82. The van der Waals surface area contributed by atoms with Gasteiger partial charge in [-0.05, 0) is 65.6 Å². The van der Waals surface area contributed by atoms with Gasteiger partial charge in [-0.15, -0.1) is 0 Å². The summed E-state index contributed by atoms with van der Waals surface area (Å²) in [7, 11) is 0. The van der Waals surface area contributed by atoms with Gasteiger partial charge >= 0.3 is 6.09 Å². The van der Waals surface area contributed by atoms with Gasteiger partial charge in [0.2, 0.25) is 0 Å². The maximum absolute atomic E-state index is 13.0. The highest BCUT2D eigenvalue weighted by atomic mass is 35.5. The fourth-order valence-corrected chi connectivity index (χ4v) is 5.84. The van der Waals surface area contributed by atoms with E-state index in [0.29, 0.717) is 42.3 Å². The molecule has 2 aliphatic rings. The molecule has 0 spiro atoms. The average molecular weight is 508 g/mol. The van der Waals surface area contributed by atoms with Crippen molar-refractivity contribution >= 4 is 35.1 Å². The van der Waals surface area contributed by atoms with E-state index >= 15 is 0 Å². The number of benzene rings is 3. The average Bonchev–Trinajstić information content (AvgIpc) is 3.47. The molecule has 1 saturated heterocycles. The Bertz CT molecular complexity index is 1210. The minimum absolute atomic E-state index is 0.00669. The molecule has 0 aromatic heterocycles. The predicted molar refractivity (Wildman–Crippen MR) is 139 cm³/mol. The summed E-state index contributed by atoms with van der Waals surface area (Å²) in [5, 5.41) is 1.21. The second-order valence-electron chi connectivity index (χ2n) is 9.21. The first-order chi connectivity index (χ1) is 17.0. The van der Waals surface area contributed by atoms with Crippen molar-refractivity contribution in [3.8, 4) is 11.1 Å². The van der Waals surface area contributed by atoms with Gasteiger partial charge in [0.1, 0.15) is 6.61 Å². The van der Waals surface area contributed by atoms with E-state index < -0.39 is 12.1 Å². The van der Waals surface area contributed by atoms with Crippen LogP contribution in [0, 0.1) is 0 Å². The van der Waals surface area contributed by atoms with Crippen LogP contribution in [0.4, 0.5) is 4.79 Å². The van der Waals surface area contributed by atoms with Crippen LogP contribution in [0.5, 0.6) is 0 Å². The molecule has 5 rings (SSSR count). The van der Waals surface area contributed by atoms with E-state index in [0.717, 1.165) is 12.0 Å². The largest absolute Gasteiger partial charge is 0.448 e. The van der Waals surface area contributed by atoms with Crippen LogP contribution >= 0.6 is 23.2 Å².